The summed E-state index contributed by atoms with van der Waals surface area (Å²) in [5.41, 5.74) is 1.10. The third-order valence-electron chi connectivity index (χ3n) is 6.16. The number of sulfonamides is 1. The van der Waals surface area contributed by atoms with Gasteiger partial charge in [-0.05, 0) is 18.6 Å². The molecule has 0 aromatic heterocycles. The summed E-state index contributed by atoms with van der Waals surface area (Å²) in [6, 6.07) is 6.64. The summed E-state index contributed by atoms with van der Waals surface area (Å²) in [6.07, 6.45) is 10.7. The molecule has 1 heterocycles. The number of hydrogen-bond donors (Lipinski definition) is 0. The van der Waals surface area contributed by atoms with E-state index in [9.17, 15) is 12.8 Å². The predicted molar refractivity (Wildman–Crippen MR) is 119 cm³/mol. The van der Waals surface area contributed by atoms with Gasteiger partial charge in [-0.1, -0.05) is 70.4 Å². The Kier molecular flexibility index (Phi) is 12.7. The zero-order valence-electron chi connectivity index (χ0n) is 18.8. The summed E-state index contributed by atoms with van der Waals surface area (Å²) in [5.74, 6) is 0.0636. The number of benzene rings is 1. The van der Waals surface area contributed by atoms with Crippen LogP contribution in [0.15, 0.2) is 24.3 Å². The van der Waals surface area contributed by atoms with Crippen LogP contribution in [-0.2, 0) is 16.6 Å². The molecule has 0 bridgehead atoms. The minimum Gasteiger partial charge on any atom is -1.00 e. The van der Waals surface area contributed by atoms with Gasteiger partial charge < -0.3 is 21.5 Å². The number of unbranched alkanes of at least 4 members (excludes halogenated alkanes) is 8. The highest BCUT2D eigenvalue weighted by Crippen LogP contribution is 2.19. The molecule has 0 aliphatic carbocycles. The summed E-state index contributed by atoms with van der Waals surface area (Å²) in [6.45, 7) is 5.80. The topological polar surface area (TPSA) is 37.4 Å². The average Bonchev–Trinajstić information content (AvgIpc) is 2.69. The van der Waals surface area contributed by atoms with Gasteiger partial charge in [0, 0.05) is 5.56 Å². The van der Waals surface area contributed by atoms with Gasteiger partial charge in [0.2, 0.25) is 10.0 Å². The summed E-state index contributed by atoms with van der Waals surface area (Å²) >= 11 is 0. The van der Waals surface area contributed by atoms with Crippen LogP contribution >= 0.6 is 0 Å². The maximum Gasteiger partial charge on any atom is 0.214 e. The fourth-order valence-corrected chi connectivity index (χ4v) is 5.67. The Bertz CT molecular complexity index is 690. The summed E-state index contributed by atoms with van der Waals surface area (Å²) in [7, 11) is -0.982. The molecule has 4 nitrogen and oxygen atoms in total. The number of piperazine rings is 1. The van der Waals surface area contributed by atoms with Crippen molar-refractivity contribution in [2.24, 2.45) is 0 Å². The third kappa shape index (κ3) is 9.75. The van der Waals surface area contributed by atoms with E-state index in [-0.39, 0.29) is 28.6 Å². The van der Waals surface area contributed by atoms with Crippen molar-refractivity contribution < 1.29 is 34.3 Å². The largest absolute Gasteiger partial charge is 1.00 e. The molecule has 0 spiro atoms. The van der Waals surface area contributed by atoms with Crippen molar-refractivity contribution in [1.82, 2.24) is 4.31 Å². The number of rotatable bonds is 13. The molecule has 0 radical (unpaired) electrons. The second kappa shape index (κ2) is 13.8. The highest BCUT2D eigenvalue weighted by Gasteiger charge is 2.34. The highest BCUT2D eigenvalue weighted by molar-refractivity contribution is 7.89. The molecule has 0 atom stereocenters. The van der Waals surface area contributed by atoms with E-state index in [0.717, 1.165) is 48.9 Å². The fraction of sp³-hybridized carbons (Fsp3) is 0.739. The van der Waals surface area contributed by atoms with E-state index in [1.807, 2.05) is 12.1 Å². The standard InChI is InChI=1S/C23H40FN2O2S.BrH/c1-3-4-5-6-7-8-9-10-11-20-29(27,28)25-16-18-26(2,19-17-25)21-22-12-14-23(24)15-13-22;/h12-15H,3-11,16-21H2,1-2H3;1H/q+1;/p-1. The number of hydrogen-bond acceptors (Lipinski definition) is 2. The van der Waals surface area contributed by atoms with Crippen LogP contribution in [0.2, 0.25) is 0 Å². The Morgan fingerprint density at radius 3 is 1.93 bits per heavy atom. The van der Waals surface area contributed by atoms with Crippen LogP contribution in [0.1, 0.15) is 70.3 Å². The number of nitrogens with zero attached hydrogens (tertiary/aromatic N) is 2. The van der Waals surface area contributed by atoms with E-state index in [2.05, 4.69) is 14.0 Å². The van der Waals surface area contributed by atoms with Gasteiger partial charge in [0.05, 0.1) is 39.0 Å². The molecule has 0 unspecified atom stereocenters. The molecule has 0 amide bonds. The average molecular weight is 508 g/mol. The van der Waals surface area contributed by atoms with Crippen molar-refractivity contribution in [2.45, 2.75) is 71.3 Å². The quantitative estimate of drug-likeness (QED) is 0.303. The van der Waals surface area contributed by atoms with Gasteiger partial charge in [-0.2, -0.15) is 4.31 Å². The predicted octanol–water partition coefficient (Wildman–Crippen LogP) is 1.95. The zero-order valence-corrected chi connectivity index (χ0v) is 21.2. The lowest BCUT2D eigenvalue weighted by molar-refractivity contribution is -0.925. The molecule has 30 heavy (non-hydrogen) atoms. The third-order valence-corrected chi connectivity index (χ3v) is 8.11. The van der Waals surface area contributed by atoms with E-state index in [1.165, 1.54) is 50.7 Å². The molecule has 1 aromatic rings. The Morgan fingerprint density at radius 1 is 0.900 bits per heavy atom. The van der Waals surface area contributed by atoms with Gasteiger partial charge in [0.1, 0.15) is 12.4 Å². The van der Waals surface area contributed by atoms with E-state index in [0.29, 0.717) is 13.1 Å². The highest BCUT2D eigenvalue weighted by atomic mass is 79.9. The van der Waals surface area contributed by atoms with Crippen LogP contribution in [0.3, 0.4) is 0 Å². The molecule has 0 saturated carbocycles. The smallest absolute Gasteiger partial charge is 0.214 e. The molecule has 174 valence electrons. The zero-order chi connectivity index (χ0) is 21.2. The molecule has 1 saturated heterocycles. The van der Waals surface area contributed by atoms with Crippen LogP contribution in [0.25, 0.3) is 0 Å². The summed E-state index contributed by atoms with van der Waals surface area (Å²) in [4.78, 5) is 0. The molecule has 1 aliphatic rings. The second-order valence-electron chi connectivity index (χ2n) is 8.89. The Balaban J connectivity index is 0.00000450. The maximum absolute atomic E-state index is 13.1. The van der Waals surface area contributed by atoms with Gasteiger partial charge in [0.15, 0.2) is 0 Å². The molecule has 1 aliphatic heterocycles. The molecule has 0 N–H and O–H groups in total. The van der Waals surface area contributed by atoms with Gasteiger partial charge >= 0.3 is 0 Å². The van der Waals surface area contributed by atoms with Crippen molar-refractivity contribution >= 4 is 10.0 Å². The molecule has 1 fully saturated rings. The van der Waals surface area contributed by atoms with Gasteiger partial charge in [0.25, 0.3) is 0 Å². The second-order valence-corrected chi connectivity index (χ2v) is 11.0. The van der Waals surface area contributed by atoms with Crippen molar-refractivity contribution in [1.29, 1.82) is 0 Å². The van der Waals surface area contributed by atoms with Gasteiger partial charge in [-0.25, -0.2) is 12.8 Å². The van der Waals surface area contributed by atoms with Crippen LogP contribution in [0, 0.1) is 5.82 Å². The van der Waals surface area contributed by atoms with Crippen molar-refractivity contribution in [3.05, 3.63) is 35.6 Å². The SMILES string of the molecule is CCCCCCCCCCCS(=O)(=O)N1CC[N+](C)(Cc2ccc(F)cc2)CC1.[Br-]. The van der Waals surface area contributed by atoms with Gasteiger partial charge in [-0.15, -0.1) is 0 Å². The summed E-state index contributed by atoms with van der Waals surface area (Å²) < 4.78 is 40.9. The lowest BCUT2D eigenvalue weighted by Gasteiger charge is -2.41. The Morgan fingerprint density at radius 2 is 1.40 bits per heavy atom. The monoisotopic (exact) mass is 506 g/mol. The van der Waals surface area contributed by atoms with Crippen LogP contribution < -0.4 is 17.0 Å². The van der Waals surface area contributed by atoms with E-state index >= 15 is 0 Å². The lowest BCUT2D eigenvalue weighted by atomic mass is 10.1. The molecule has 1 aromatic carbocycles. The minimum atomic E-state index is -3.14. The molecular formula is C23H40BrFN2O2S. The Hall–Kier alpha value is -0.500. The van der Waals surface area contributed by atoms with Crippen LogP contribution in [-0.4, -0.2) is 56.2 Å². The molecular weight excluding hydrogens is 467 g/mol. The van der Waals surface area contributed by atoms with E-state index in [1.54, 1.807) is 4.31 Å². The van der Waals surface area contributed by atoms with Crippen LogP contribution in [0.5, 0.6) is 0 Å². The fourth-order valence-electron chi connectivity index (χ4n) is 4.12. The Labute approximate surface area is 194 Å². The number of likely N-dealkylation sites (N-methyl/N-ethyl adjacent to an activating group) is 1. The van der Waals surface area contributed by atoms with Crippen molar-refractivity contribution in [3.63, 3.8) is 0 Å². The number of halogens is 2. The van der Waals surface area contributed by atoms with E-state index < -0.39 is 10.0 Å². The van der Waals surface area contributed by atoms with Crippen molar-refractivity contribution in [3.8, 4) is 0 Å². The first-order valence-corrected chi connectivity index (χ1v) is 13.0. The first-order chi connectivity index (χ1) is 13.8. The minimum absolute atomic E-state index is 0. The molecule has 2 rings (SSSR count). The van der Waals surface area contributed by atoms with Crippen LogP contribution in [0.4, 0.5) is 4.39 Å². The normalized spacial score (nSPS) is 16.9. The van der Waals surface area contributed by atoms with Gasteiger partial charge in [-0.3, -0.25) is 0 Å². The number of quaternary nitrogens is 1. The van der Waals surface area contributed by atoms with E-state index in [4.69, 9.17) is 0 Å². The lowest BCUT2D eigenvalue weighted by Crippen LogP contribution is -3.00. The van der Waals surface area contributed by atoms with Crippen molar-refractivity contribution in [2.75, 3.05) is 39.0 Å². The summed E-state index contributed by atoms with van der Waals surface area (Å²) in [5, 5.41) is 0. The molecule has 7 heteroatoms. The first-order valence-electron chi connectivity index (χ1n) is 11.4. The first kappa shape index (κ1) is 27.5. The maximum atomic E-state index is 13.1.